The van der Waals surface area contributed by atoms with Crippen LogP contribution < -0.4 is 10.6 Å². The Hall–Kier alpha value is -5.64. The zero-order valence-electron chi connectivity index (χ0n) is 32.5. The Bertz CT molecular complexity index is 2200. The number of aromatic nitrogens is 5. The molecule has 0 saturated carbocycles. The molecule has 56 heavy (non-hydrogen) atoms. The average molecular weight is 784 g/mol. The Balaban J connectivity index is 1.05. The predicted octanol–water partition coefficient (Wildman–Crippen LogP) is 6.56. The fraction of sp³-hybridized carbons (Fsp3) is 0.450. The van der Waals surface area contributed by atoms with E-state index in [1.165, 1.54) is 14.2 Å². The highest BCUT2D eigenvalue weighted by Gasteiger charge is 2.39. The number of hydrogen-bond acceptors (Lipinski definition) is 9. The van der Waals surface area contributed by atoms with Crippen LogP contribution in [0.1, 0.15) is 77.1 Å². The molecule has 4 N–H and O–H groups in total. The van der Waals surface area contributed by atoms with Crippen molar-refractivity contribution in [2.45, 2.75) is 77.5 Å². The van der Waals surface area contributed by atoms with Gasteiger partial charge in [-0.2, -0.15) is 0 Å². The molecule has 2 aliphatic heterocycles. The lowest BCUT2D eigenvalue weighted by Crippen LogP contribution is -2.51. The normalized spacial score (nSPS) is 18.1. The third-order valence-electron chi connectivity index (χ3n) is 10.8. The number of ether oxygens (including phenoxy) is 2. The minimum absolute atomic E-state index is 0.107. The Morgan fingerprint density at radius 2 is 1.30 bits per heavy atom. The van der Waals surface area contributed by atoms with Crippen molar-refractivity contribution in [1.82, 2.24) is 44.9 Å². The first-order chi connectivity index (χ1) is 27.0. The molecule has 1 unspecified atom stereocenters. The molecule has 0 bridgehead atoms. The summed E-state index contributed by atoms with van der Waals surface area (Å²) in [6, 6.07) is 8.63. The van der Waals surface area contributed by atoms with Gasteiger partial charge in [-0.05, 0) is 54.7 Å². The third kappa shape index (κ3) is 7.49. The van der Waals surface area contributed by atoms with Crippen LogP contribution >= 0.6 is 11.3 Å². The van der Waals surface area contributed by atoms with Crippen molar-refractivity contribution >= 4 is 45.6 Å². The molecule has 4 atom stereocenters. The van der Waals surface area contributed by atoms with E-state index in [-0.39, 0.29) is 35.7 Å². The van der Waals surface area contributed by atoms with E-state index in [2.05, 4.69) is 60.9 Å². The van der Waals surface area contributed by atoms with Crippen LogP contribution in [0.3, 0.4) is 0 Å². The largest absolute Gasteiger partial charge is 0.453 e. The lowest BCUT2D eigenvalue weighted by Gasteiger charge is -2.30. The van der Waals surface area contributed by atoms with Crippen molar-refractivity contribution in [3.05, 3.63) is 66.0 Å². The Labute approximate surface area is 329 Å². The smallest absolute Gasteiger partial charge is 0.407 e. The van der Waals surface area contributed by atoms with Crippen molar-refractivity contribution in [3.8, 4) is 28.2 Å². The van der Waals surface area contributed by atoms with Crippen LogP contribution in [0.5, 0.6) is 0 Å². The monoisotopic (exact) mass is 783 g/mol. The summed E-state index contributed by atoms with van der Waals surface area (Å²) in [7, 11) is 2.58. The molecule has 296 valence electrons. The molecule has 6 heterocycles. The van der Waals surface area contributed by atoms with Crippen molar-refractivity contribution in [3.63, 3.8) is 0 Å². The predicted molar refractivity (Wildman–Crippen MR) is 212 cm³/mol. The molecule has 7 rings (SSSR count). The summed E-state index contributed by atoms with van der Waals surface area (Å²) in [5, 5.41) is 8.67. The van der Waals surface area contributed by atoms with Gasteiger partial charge in [0, 0.05) is 35.6 Å². The van der Waals surface area contributed by atoms with Gasteiger partial charge in [-0.3, -0.25) is 14.2 Å². The molecule has 1 aromatic carbocycles. The fourth-order valence-electron chi connectivity index (χ4n) is 7.82. The highest BCUT2D eigenvalue weighted by atomic mass is 32.1. The molecular formula is C40H49N9O6S. The lowest BCUT2D eigenvalue weighted by atomic mass is 10.0. The van der Waals surface area contributed by atoms with Gasteiger partial charge < -0.3 is 39.9 Å². The van der Waals surface area contributed by atoms with Crippen molar-refractivity contribution in [2.75, 3.05) is 27.3 Å². The molecule has 2 fully saturated rings. The second-order valence-corrected chi connectivity index (χ2v) is 15.9. The second-order valence-electron chi connectivity index (χ2n) is 15.1. The fourth-order valence-corrected chi connectivity index (χ4v) is 8.89. The van der Waals surface area contributed by atoms with E-state index in [1.54, 1.807) is 17.5 Å². The first-order valence-electron chi connectivity index (χ1n) is 19.1. The first kappa shape index (κ1) is 38.6. The van der Waals surface area contributed by atoms with E-state index < -0.39 is 24.3 Å². The number of aromatic amines is 2. The number of thiophene rings is 1. The first-order valence-corrected chi connectivity index (χ1v) is 20.0. The molecule has 0 spiro atoms. The Morgan fingerprint density at radius 1 is 0.768 bits per heavy atom. The maximum Gasteiger partial charge on any atom is 0.407 e. The average Bonchev–Trinajstić information content (AvgIpc) is 4.04. The van der Waals surface area contributed by atoms with Gasteiger partial charge in [-0.15, -0.1) is 11.3 Å². The van der Waals surface area contributed by atoms with Gasteiger partial charge in [-0.1, -0.05) is 52.0 Å². The lowest BCUT2D eigenvalue weighted by molar-refractivity contribution is -0.136. The molecule has 15 nitrogen and oxygen atoms in total. The second kappa shape index (κ2) is 16.2. The number of fused-ring (bicyclic) bond motifs is 1. The number of nitrogens with one attached hydrogen (secondary N) is 4. The van der Waals surface area contributed by atoms with Crippen LogP contribution in [0.25, 0.3) is 38.4 Å². The number of amides is 4. The van der Waals surface area contributed by atoms with Gasteiger partial charge >= 0.3 is 12.2 Å². The topological polar surface area (TPSA) is 180 Å². The molecule has 5 aromatic rings. The molecule has 0 aliphatic carbocycles. The molecular weight excluding hydrogens is 735 g/mol. The number of imidazole rings is 2. The van der Waals surface area contributed by atoms with Gasteiger partial charge in [-0.25, -0.2) is 19.6 Å². The number of methoxy groups -OCH3 is 2. The summed E-state index contributed by atoms with van der Waals surface area (Å²) in [5.74, 6) is 1.74. The standard InChI is InChI=1S/C40H49N9O6S/c1-22(2)32(45-39(52)54-5)36(50)47-16-7-9-29(47)34-41-19-28(43-34)25-13-11-24(12-14-25)27-21-56-38-26(27)15-18-49(38)31-20-42-35(44-31)30-10-8-17-48(30)37(51)33(23(3)4)46-40(53)55-6/h11-15,18-23,29-30,32-33H,7-10,16-17H2,1-6H3,(H,41,43)(H,42,44)(H,45,52)(H,46,53)/t29-,30?,32-,33-/m0/s1. The number of rotatable bonds is 11. The molecule has 0 radical (unpaired) electrons. The van der Waals surface area contributed by atoms with Gasteiger partial charge in [0.25, 0.3) is 0 Å². The zero-order chi connectivity index (χ0) is 39.7. The quantitative estimate of drug-likeness (QED) is 0.116. The highest BCUT2D eigenvalue weighted by molar-refractivity contribution is 7.17. The number of likely N-dealkylation sites (tertiary alicyclic amines) is 2. The van der Waals surface area contributed by atoms with Crippen molar-refractivity contribution < 1.29 is 28.7 Å². The third-order valence-corrected chi connectivity index (χ3v) is 11.8. The van der Waals surface area contributed by atoms with E-state index in [0.717, 1.165) is 69.9 Å². The van der Waals surface area contributed by atoms with Crippen LogP contribution in [0.4, 0.5) is 9.59 Å². The number of alkyl carbamates (subject to hydrolysis) is 2. The van der Waals surface area contributed by atoms with Crippen LogP contribution in [-0.4, -0.2) is 97.7 Å². The number of hydrogen-bond donors (Lipinski definition) is 4. The number of H-pyrrole nitrogens is 2. The summed E-state index contributed by atoms with van der Waals surface area (Å²) < 4.78 is 11.6. The maximum absolute atomic E-state index is 13.6. The van der Waals surface area contributed by atoms with E-state index >= 15 is 0 Å². The molecule has 2 aliphatic rings. The Morgan fingerprint density at radius 3 is 1.86 bits per heavy atom. The Kier molecular flexibility index (Phi) is 11.2. The van der Waals surface area contributed by atoms with Gasteiger partial charge in [0.2, 0.25) is 11.8 Å². The number of benzene rings is 1. The minimum Gasteiger partial charge on any atom is -0.453 e. The minimum atomic E-state index is -0.695. The summed E-state index contributed by atoms with van der Waals surface area (Å²) in [5.41, 5.74) is 4.03. The number of nitrogens with zero attached hydrogens (tertiary/aromatic N) is 5. The van der Waals surface area contributed by atoms with Crippen molar-refractivity contribution in [2.24, 2.45) is 11.8 Å². The summed E-state index contributed by atoms with van der Waals surface area (Å²) in [6.45, 7) is 8.79. The number of carbonyl (C=O) groups excluding carboxylic acids is 4. The molecule has 16 heteroatoms. The summed E-state index contributed by atoms with van der Waals surface area (Å²) in [4.78, 5) is 72.2. The van der Waals surface area contributed by atoms with Gasteiger partial charge in [0.05, 0.1) is 44.4 Å². The molecule has 4 aromatic heterocycles. The molecule has 4 amide bonds. The van der Waals surface area contributed by atoms with E-state index in [4.69, 9.17) is 19.4 Å². The van der Waals surface area contributed by atoms with Gasteiger partial charge in [0.15, 0.2) is 0 Å². The summed E-state index contributed by atoms with van der Waals surface area (Å²) in [6.07, 6.45) is 7.63. The van der Waals surface area contributed by atoms with Gasteiger partial charge in [0.1, 0.15) is 34.4 Å². The van der Waals surface area contributed by atoms with Crippen molar-refractivity contribution in [1.29, 1.82) is 0 Å². The van der Waals surface area contributed by atoms with E-state index in [0.29, 0.717) is 18.9 Å². The van der Waals surface area contributed by atoms with Crippen LogP contribution in [0, 0.1) is 11.8 Å². The molecule has 2 saturated heterocycles. The highest BCUT2D eigenvalue weighted by Crippen LogP contribution is 2.38. The van der Waals surface area contributed by atoms with Crippen LogP contribution in [0.2, 0.25) is 0 Å². The number of carbonyl (C=O) groups is 4. The summed E-state index contributed by atoms with van der Waals surface area (Å²) >= 11 is 1.65. The van der Waals surface area contributed by atoms with E-state index in [1.807, 2.05) is 49.9 Å². The zero-order valence-corrected chi connectivity index (χ0v) is 33.3. The maximum atomic E-state index is 13.6. The van der Waals surface area contributed by atoms with Crippen LogP contribution in [-0.2, 0) is 19.1 Å². The van der Waals surface area contributed by atoms with E-state index in [9.17, 15) is 19.2 Å². The SMILES string of the molecule is COC(=O)N[C@H](C(=O)N1CCCC1c1ncc(-n2ccc3c(-c4ccc(-c5cnc([C@@H]6CCCN6C(=O)[C@@H](NC(=O)OC)C(C)C)[nH]5)cc4)csc32)[nH]1)C(C)C. The van der Waals surface area contributed by atoms with Crippen LogP contribution in [0.15, 0.2) is 54.3 Å².